The molecule has 1 nitrogen and oxygen atoms in total. The van der Waals surface area contributed by atoms with Crippen LogP contribution in [0.25, 0.3) is 0 Å². The van der Waals surface area contributed by atoms with Crippen molar-refractivity contribution in [2.24, 2.45) is 0 Å². The summed E-state index contributed by atoms with van der Waals surface area (Å²) in [6, 6.07) is 0. The zero-order valence-electron chi connectivity index (χ0n) is 5.98. The number of carbonyl (C=O) groups excluding carboxylic acids is 1. The summed E-state index contributed by atoms with van der Waals surface area (Å²) in [4.78, 5) is 10.2. The SMILES string of the molecule is C=C/C(CC)=C(/C)C=O. The smallest absolute Gasteiger partial charge is 0.146 e. The van der Waals surface area contributed by atoms with Crippen LogP contribution in [-0.2, 0) is 4.79 Å². The summed E-state index contributed by atoms with van der Waals surface area (Å²) in [6.45, 7) is 7.39. The van der Waals surface area contributed by atoms with Gasteiger partial charge in [0.1, 0.15) is 6.29 Å². The van der Waals surface area contributed by atoms with Gasteiger partial charge in [0, 0.05) is 0 Å². The molecular weight excluding hydrogens is 112 g/mol. The Morgan fingerprint density at radius 3 is 2.33 bits per heavy atom. The lowest BCUT2D eigenvalue weighted by Gasteiger charge is -1.95. The summed E-state index contributed by atoms with van der Waals surface area (Å²) >= 11 is 0. The second kappa shape index (κ2) is 4.07. The van der Waals surface area contributed by atoms with Crippen molar-refractivity contribution in [1.29, 1.82) is 0 Å². The maximum Gasteiger partial charge on any atom is 0.146 e. The van der Waals surface area contributed by atoms with E-state index < -0.39 is 0 Å². The molecule has 0 aliphatic carbocycles. The molecule has 1 heteroatoms. The third-order valence-electron chi connectivity index (χ3n) is 1.31. The van der Waals surface area contributed by atoms with Crippen molar-refractivity contribution in [2.45, 2.75) is 20.3 Å². The molecule has 0 N–H and O–H groups in total. The fraction of sp³-hybridized carbons (Fsp3) is 0.375. The van der Waals surface area contributed by atoms with Gasteiger partial charge < -0.3 is 0 Å². The van der Waals surface area contributed by atoms with E-state index in [-0.39, 0.29) is 0 Å². The fourth-order valence-corrected chi connectivity index (χ4v) is 0.660. The van der Waals surface area contributed by atoms with E-state index in [1.165, 1.54) is 0 Å². The predicted molar refractivity (Wildman–Crippen MR) is 39.3 cm³/mol. The van der Waals surface area contributed by atoms with Gasteiger partial charge in [-0.3, -0.25) is 4.79 Å². The largest absolute Gasteiger partial charge is 0.298 e. The van der Waals surface area contributed by atoms with E-state index in [0.29, 0.717) is 0 Å². The first-order chi connectivity index (χ1) is 4.26. The molecule has 0 aliphatic heterocycles. The number of aldehydes is 1. The van der Waals surface area contributed by atoms with Crippen molar-refractivity contribution in [1.82, 2.24) is 0 Å². The van der Waals surface area contributed by atoms with E-state index >= 15 is 0 Å². The Morgan fingerprint density at radius 1 is 1.67 bits per heavy atom. The lowest BCUT2D eigenvalue weighted by molar-refractivity contribution is -0.104. The minimum absolute atomic E-state index is 0.785. The molecule has 0 radical (unpaired) electrons. The van der Waals surface area contributed by atoms with Gasteiger partial charge in [-0.2, -0.15) is 0 Å². The molecule has 0 saturated carbocycles. The monoisotopic (exact) mass is 124 g/mol. The first-order valence-corrected chi connectivity index (χ1v) is 3.03. The van der Waals surface area contributed by atoms with Crippen LogP contribution in [0.2, 0.25) is 0 Å². The molecule has 0 bridgehead atoms. The zero-order chi connectivity index (χ0) is 7.28. The van der Waals surface area contributed by atoms with Crippen LogP contribution in [-0.4, -0.2) is 6.29 Å². The molecule has 0 amide bonds. The minimum atomic E-state index is 0.785. The van der Waals surface area contributed by atoms with Crippen molar-refractivity contribution in [2.75, 3.05) is 0 Å². The molecule has 0 aromatic heterocycles. The molecule has 0 aromatic carbocycles. The minimum Gasteiger partial charge on any atom is -0.298 e. The molecule has 0 fully saturated rings. The van der Waals surface area contributed by atoms with Crippen molar-refractivity contribution in [3.8, 4) is 0 Å². The van der Waals surface area contributed by atoms with Crippen LogP contribution in [0.3, 0.4) is 0 Å². The zero-order valence-corrected chi connectivity index (χ0v) is 5.98. The summed E-state index contributed by atoms with van der Waals surface area (Å²) in [5.41, 5.74) is 1.82. The van der Waals surface area contributed by atoms with Crippen LogP contribution in [0, 0.1) is 0 Å². The number of carbonyl (C=O) groups is 1. The topological polar surface area (TPSA) is 17.1 Å². The lowest BCUT2D eigenvalue weighted by Crippen LogP contribution is -1.83. The number of rotatable bonds is 3. The van der Waals surface area contributed by atoms with Gasteiger partial charge in [-0.1, -0.05) is 19.6 Å². The van der Waals surface area contributed by atoms with Crippen molar-refractivity contribution in [3.63, 3.8) is 0 Å². The molecule has 9 heavy (non-hydrogen) atoms. The Bertz CT molecular complexity index is 143. The number of hydrogen-bond acceptors (Lipinski definition) is 1. The Morgan fingerprint density at radius 2 is 2.22 bits per heavy atom. The molecule has 0 rings (SSSR count). The highest BCUT2D eigenvalue weighted by Gasteiger charge is 1.91. The number of hydrogen-bond donors (Lipinski definition) is 0. The fourth-order valence-electron chi connectivity index (χ4n) is 0.660. The highest BCUT2D eigenvalue weighted by Crippen LogP contribution is 2.05. The van der Waals surface area contributed by atoms with E-state index in [1.807, 2.05) is 6.92 Å². The highest BCUT2D eigenvalue weighted by molar-refractivity contribution is 5.74. The second-order valence-corrected chi connectivity index (χ2v) is 1.88. The van der Waals surface area contributed by atoms with Gasteiger partial charge in [-0.15, -0.1) is 0 Å². The quantitative estimate of drug-likeness (QED) is 0.320. The molecule has 0 heterocycles. The third kappa shape index (κ3) is 2.27. The predicted octanol–water partition coefficient (Wildman–Crippen LogP) is 2.10. The molecule has 0 atom stereocenters. The Balaban J connectivity index is 4.36. The van der Waals surface area contributed by atoms with Gasteiger partial charge >= 0.3 is 0 Å². The number of allylic oxidation sites excluding steroid dienone is 3. The van der Waals surface area contributed by atoms with Crippen LogP contribution in [0.4, 0.5) is 0 Å². The van der Waals surface area contributed by atoms with Crippen molar-refractivity contribution in [3.05, 3.63) is 23.8 Å². The van der Waals surface area contributed by atoms with Crippen LogP contribution in [0.1, 0.15) is 20.3 Å². The summed E-state index contributed by atoms with van der Waals surface area (Å²) in [5.74, 6) is 0. The molecule has 0 saturated heterocycles. The van der Waals surface area contributed by atoms with Gasteiger partial charge in [0.25, 0.3) is 0 Å². The lowest BCUT2D eigenvalue weighted by atomic mass is 10.1. The van der Waals surface area contributed by atoms with E-state index in [9.17, 15) is 4.79 Å². The summed E-state index contributed by atoms with van der Waals surface area (Å²) in [5, 5.41) is 0. The van der Waals surface area contributed by atoms with Crippen LogP contribution in [0.5, 0.6) is 0 Å². The van der Waals surface area contributed by atoms with Crippen LogP contribution < -0.4 is 0 Å². The Labute approximate surface area is 56.1 Å². The van der Waals surface area contributed by atoms with Crippen molar-refractivity contribution >= 4 is 6.29 Å². The first-order valence-electron chi connectivity index (χ1n) is 3.03. The average Bonchev–Trinajstić information content (AvgIpc) is 1.90. The maximum atomic E-state index is 10.2. The Kier molecular flexibility index (Phi) is 3.69. The second-order valence-electron chi connectivity index (χ2n) is 1.88. The van der Waals surface area contributed by atoms with Crippen LogP contribution >= 0.6 is 0 Å². The van der Waals surface area contributed by atoms with E-state index in [0.717, 1.165) is 23.9 Å². The van der Waals surface area contributed by atoms with Crippen molar-refractivity contribution < 1.29 is 4.79 Å². The van der Waals surface area contributed by atoms with Gasteiger partial charge in [0.2, 0.25) is 0 Å². The highest BCUT2D eigenvalue weighted by atomic mass is 16.1. The standard InChI is InChI=1S/C8H12O/c1-4-8(5-2)7(3)6-9/h4,6H,1,5H2,2-3H3/b8-7+. The molecule has 0 aliphatic rings. The Hall–Kier alpha value is -0.850. The van der Waals surface area contributed by atoms with E-state index in [1.54, 1.807) is 13.0 Å². The van der Waals surface area contributed by atoms with Gasteiger partial charge in [0.15, 0.2) is 0 Å². The van der Waals surface area contributed by atoms with Gasteiger partial charge in [-0.25, -0.2) is 0 Å². The maximum absolute atomic E-state index is 10.2. The van der Waals surface area contributed by atoms with Crippen LogP contribution in [0.15, 0.2) is 23.8 Å². The van der Waals surface area contributed by atoms with Gasteiger partial charge in [0.05, 0.1) is 0 Å². The molecule has 0 spiro atoms. The molecule has 50 valence electrons. The first kappa shape index (κ1) is 8.15. The molecule has 0 unspecified atom stereocenters. The molecular formula is C8H12O. The summed E-state index contributed by atoms with van der Waals surface area (Å²) in [7, 11) is 0. The average molecular weight is 124 g/mol. The van der Waals surface area contributed by atoms with E-state index in [2.05, 4.69) is 6.58 Å². The van der Waals surface area contributed by atoms with Gasteiger partial charge in [-0.05, 0) is 24.5 Å². The molecule has 0 aromatic rings. The summed E-state index contributed by atoms with van der Waals surface area (Å²) in [6.07, 6.45) is 3.47. The third-order valence-corrected chi connectivity index (χ3v) is 1.31. The normalized spacial score (nSPS) is 12.2. The summed E-state index contributed by atoms with van der Waals surface area (Å²) < 4.78 is 0. The van der Waals surface area contributed by atoms with E-state index in [4.69, 9.17) is 0 Å².